The van der Waals surface area contributed by atoms with Crippen LogP contribution in [0.4, 0.5) is 0 Å². The van der Waals surface area contributed by atoms with Gasteiger partial charge in [-0.3, -0.25) is 9.89 Å². The van der Waals surface area contributed by atoms with Gasteiger partial charge in [-0.2, -0.15) is 5.10 Å². The third-order valence-corrected chi connectivity index (χ3v) is 4.33. The normalized spacial score (nSPS) is 31.9. The fourth-order valence-corrected chi connectivity index (χ4v) is 3.56. The van der Waals surface area contributed by atoms with E-state index in [1.54, 1.807) is 6.20 Å². The van der Waals surface area contributed by atoms with Crippen molar-refractivity contribution in [1.29, 1.82) is 0 Å². The molecule has 1 amide bonds. The van der Waals surface area contributed by atoms with E-state index in [1.165, 1.54) is 0 Å². The first kappa shape index (κ1) is 11.1. The van der Waals surface area contributed by atoms with Crippen LogP contribution in [0.5, 0.6) is 0 Å². The van der Waals surface area contributed by atoms with Crippen molar-refractivity contribution < 1.29 is 4.79 Å². The number of alkyl halides is 1. The lowest BCUT2D eigenvalue weighted by Gasteiger charge is -2.36. The standard InChI is InChI=1S/C12H16ClN3O/c1-7-11(6-14-15-7)12(17)16-9-2-3-10(16)5-8(13)4-9/h6,8-10H,2-5H2,1H3,(H,14,15). The molecule has 3 rings (SSSR count). The highest BCUT2D eigenvalue weighted by atomic mass is 35.5. The Bertz CT molecular complexity index is 431. The van der Waals surface area contributed by atoms with Crippen LogP contribution in [0.2, 0.25) is 0 Å². The van der Waals surface area contributed by atoms with Gasteiger partial charge in [0.05, 0.1) is 11.8 Å². The zero-order valence-corrected chi connectivity index (χ0v) is 10.6. The van der Waals surface area contributed by atoms with E-state index in [-0.39, 0.29) is 11.3 Å². The summed E-state index contributed by atoms with van der Waals surface area (Å²) in [5, 5.41) is 6.99. The second kappa shape index (κ2) is 4.02. The Morgan fingerprint density at radius 3 is 2.65 bits per heavy atom. The van der Waals surface area contributed by atoms with Crippen LogP contribution in [0.3, 0.4) is 0 Å². The van der Waals surface area contributed by atoms with E-state index in [9.17, 15) is 4.79 Å². The minimum atomic E-state index is 0.118. The number of hydrogen-bond acceptors (Lipinski definition) is 2. The largest absolute Gasteiger partial charge is 0.332 e. The van der Waals surface area contributed by atoms with Gasteiger partial charge in [-0.05, 0) is 32.6 Å². The Labute approximate surface area is 105 Å². The van der Waals surface area contributed by atoms with Crippen LogP contribution in [0.1, 0.15) is 41.7 Å². The number of halogens is 1. The minimum absolute atomic E-state index is 0.118. The number of amides is 1. The Kier molecular flexibility index (Phi) is 2.62. The van der Waals surface area contributed by atoms with E-state index in [1.807, 2.05) is 11.8 Å². The van der Waals surface area contributed by atoms with Crippen LogP contribution in [0.15, 0.2) is 6.20 Å². The predicted molar refractivity (Wildman–Crippen MR) is 65.2 cm³/mol. The summed E-state index contributed by atoms with van der Waals surface area (Å²) < 4.78 is 0. The molecule has 4 nitrogen and oxygen atoms in total. The number of H-pyrrole nitrogens is 1. The second-order valence-corrected chi connectivity index (χ2v) is 5.69. The van der Waals surface area contributed by atoms with Gasteiger partial charge in [0.1, 0.15) is 0 Å². The summed E-state index contributed by atoms with van der Waals surface area (Å²) in [6.45, 7) is 1.89. The molecule has 2 unspecified atom stereocenters. The van der Waals surface area contributed by atoms with Crippen LogP contribution in [0, 0.1) is 6.92 Å². The number of hydrogen-bond donors (Lipinski definition) is 1. The summed E-state index contributed by atoms with van der Waals surface area (Å²) in [7, 11) is 0. The molecule has 5 heteroatoms. The monoisotopic (exact) mass is 253 g/mol. The zero-order chi connectivity index (χ0) is 12.0. The predicted octanol–water partition coefficient (Wildman–Crippen LogP) is 2.09. The van der Waals surface area contributed by atoms with Crippen molar-refractivity contribution in [2.24, 2.45) is 0 Å². The number of nitrogens with zero attached hydrogens (tertiary/aromatic N) is 2. The quantitative estimate of drug-likeness (QED) is 0.779. The Balaban J connectivity index is 1.86. The summed E-state index contributed by atoms with van der Waals surface area (Å²) in [4.78, 5) is 14.5. The summed E-state index contributed by atoms with van der Waals surface area (Å²) in [5.41, 5.74) is 1.55. The minimum Gasteiger partial charge on any atom is -0.332 e. The third kappa shape index (κ3) is 1.75. The van der Waals surface area contributed by atoms with E-state index in [0.29, 0.717) is 17.6 Å². The Morgan fingerprint density at radius 1 is 1.47 bits per heavy atom. The SMILES string of the molecule is Cc1[nH]ncc1C(=O)N1C2CCC1CC(Cl)C2. The lowest BCUT2D eigenvalue weighted by atomic mass is 10.0. The van der Waals surface area contributed by atoms with E-state index in [4.69, 9.17) is 11.6 Å². The molecule has 17 heavy (non-hydrogen) atoms. The van der Waals surface area contributed by atoms with Crippen molar-refractivity contribution in [2.75, 3.05) is 0 Å². The molecule has 3 heterocycles. The summed E-state index contributed by atoms with van der Waals surface area (Å²) in [6, 6.07) is 0.663. The lowest BCUT2D eigenvalue weighted by molar-refractivity contribution is 0.0599. The molecule has 2 atom stereocenters. The third-order valence-electron chi connectivity index (χ3n) is 3.97. The summed E-state index contributed by atoms with van der Waals surface area (Å²) >= 11 is 6.22. The maximum absolute atomic E-state index is 12.5. The number of carbonyl (C=O) groups is 1. The van der Waals surface area contributed by atoms with E-state index < -0.39 is 0 Å². The van der Waals surface area contributed by atoms with Crippen LogP contribution < -0.4 is 0 Å². The van der Waals surface area contributed by atoms with Gasteiger partial charge in [-0.15, -0.1) is 11.6 Å². The molecule has 0 spiro atoms. The van der Waals surface area contributed by atoms with Gasteiger partial charge in [0.2, 0.25) is 0 Å². The average Bonchev–Trinajstić information content (AvgIpc) is 2.81. The van der Waals surface area contributed by atoms with Crippen LogP contribution in [-0.4, -0.2) is 38.5 Å². The number of carbonyl (C=O) groups excluding carboxylic acids is 1. The molecule has 1 aromatic heterocycles. The number of piperidine rings is 1. The van der Waals surface area contributed by atoms with Gasteiger partial charge in [-0.25, -0.2) is 0 Å². The second-order valence-electron chi connectivity index (χ2n) is 5.07. The maximum Gasteiger partial charge on any atom is 0.257 e. The smallest absolute Gasteiger partial charge is 0.257 e. The first-order valence-corrected chi connectivity index (χ1v) is 6.57. The van der Waals surface area contributed by atoms with Gasteiger partial charge in [-0.1, -0.05) is 0 Å². The van der Waals surface area contributed by atoms with Crippen molar-refractivity contribution in [3.63, 3.8) is 0 Å². The van der Waals surface area contributed by atoms with Crippen molar-refractivity contribution >= 4 is 17.5 Å². The average molecular weight is 254 g/mol. The first-order valence-electron chi connectivity index (χ1n) is 6.13. The van der Waals surface area contributed by atoms with Crippen LogP contribution in [-0.2, 0) is 0 Å². The molecule has 0 saturated carbocycles. The molecule has 0 aromatic carbocycles. The van der Waals surface area contributed by atoms with Gasteiger partial charge >= 0.3 is 0 Å². The van der Waals surface area contributed by atoms with E-state index >= 15 is 0 Å². The number of fused-ring (bicyclic) bond motifs is 2. The van der Waals surface area contributed by atoms with Crippen molar-refractivity contribution in [1.82, 2.24) is 15.1 Å². The molecule has 1 N–H and O–H groups in total. The van der Waals surface area contributed by atoms with Gasteiger partial charge < -0.3 is 4.90 Å². The molecule has 0 radical (unpaired) electrons. The van der Waals surface area contributed by atoms with Crippen molar-refractivity contribution in [3.8, 4) is 0 Å². The van der Waals surface area contributed by atoms with E-state index in [2.05, 4.69) is 10.2 Å². The van der Waals surface area contributed by atoms with Crippen LogP contribution in [0.25, 0.3) is 0 Å². The molecule has 2 aliphatic rings. The van der Waals surface area contributed by atoms with E-state index in [0.717, 1.165) is 31.4 Å². The molecule has 2 fully saturated rings. The van der Waals surface area contributed by atoms with Crippen molar-refractivity contribution in [2.45, 2.75) is 50.1 Å². The van der Waals surface area contributed by atoms with Gasteiger partial charge in [0.15, 0.2) is 0 Å². The van der Waals surface area contributed by atoms with Crippen molar-refractivity contribution in [3.05, 3.63) is 17.5 Å². The summed E-state index contributed by atoms with van der Waals surface area (Å²) in [6.07, 6.45) is 5.68. The lowest BCUT2D eigenvalue weighted by Crippen LogP contribution is -2.47. The molecule has 2 bridgehead atoms. The fourth-order valence-electron chi connectivity index (χ4n) is 3.15. The molecule has 92 valence electrons. The Hall–Kier alpha value is -1.03. The number of aryl methyl sites for hydroxylation is 1. The topological polar surface area (TPSA) is 49.0 Å². The molecular formula is C12H16ClN3O. The highest BCUT2D eigenvalue weighted by Crippen LogP contribution is 2.38. The number of aromatic amines is 1. The van der Waals surface area contributed by atoms with Gasteiger partial charge in [0, 0.05) is 23.2 Å². The van der Waals surface area contributed by atoms with Gasteiger partial charge in [0.25, 0.3) is 5.91 Å². The highest BCUT2D eigenvalue weighted by molar-refractivity contribution is 6.20. The fraction of sp³-hybridized carbons (Fsp3) is 0.667. The first-order chi connectivity index (χ1) is 8.16. The number of nitrogens with one attached hydrogen (secondary N) is 1. The molecular weight excluding hydrogens is 238 g/mol. The Morgan fingerprint density at radius 2 is 2.12 bits per heavy atom. The molecule has 2 saturated heterocycles. The summed E-state index contributed by atoms with van der Waals surface area (Å²) in [5.74, 6) is 0.118. The maximum atomic E-state index is 12.5. The highest BCUT2D eigenvalue weighted by Gasteiger charge is 2.43. The number of rotatable bonds is 1. The zero-order valence-electron chi connectivity index (χ0n) is 9.82. The molecule has 1 aromatic rings. The van der Waals surface area contributed by atoms with Crippen LogP contribution >= 0.6 is 11.6 Å². The molecule has 2 aliphatic heterocycles. The molecule has 0 aliphatic carbocycles. The number of aromatic nitrogens is 2.